The van der Waals surface area contributed by atoms with Crippen LogP contribution in [-0.2, 0) is 23.9 Å². The highest BCUT2D eigenvalue weighted by molar-refractivity contribution is 5.95. The van der Waals surface area contributed by atoms with E-state index in [0.717, 1.165) is 11.1 Å². The summed E-state index contributed by atoms with van der Waals surface area (Å²) >= 11 is 0. The molecule has 0 spiro atoms. The van der Waals surface area contributed by atoms with Gasteiger partial charge in [-0.2, -0.15) is 0 Å². The molecule has 2 aromatic carbocycles. The SMILES string of the molecule is C#CCCC(=O)NCC1CCC2CCC(C(=O)NC(c3ccccc3)c3ccccc3)N2C(=O)C1NC(=O)C(CC)N(C)C(=O)OC(C)(C)C. The van der Waals surface area contributed by atoms with Crippen LogP contribution >= 0.6 is 0 Å². The molecule has 5 atom stereocenters. The molecular formula is C39H51N5O6. The summed E-state index contributed by atoms with van der Waals surface area (Å²) in [4.78, 5) is 71.0. The number of amides is 5. The normalized spacial score (nSPS) is 20.9. The van der Waals surface area contributed by atoms with Crippen LogP contribution in [0.3, 0.4) is 0 Å². The Labute approximate surface area is 295 Å². The number of terminal acetylenes is 1. The van der Waals surface area contributed by atoms with Gasteiger partial charge in [0.15, 0.2) is 0 Å². The van der Waals surface area contributed by atoms with Gasteiger partial charge in [0.25, 0.3) is 0 Å². The van der Waals surface area contributed by atoms with Crippen molar-refractivity contribution >= 4 is 29.7 Å². The fourth-order valence-electron chi connectivity index (χ4n) is 6.85. The predicted molar refractivity (Wildman–Crippen MR) is 190 cm³/mol. The zero-order valence-corrected chi connectivity index (χ0v) is 29.8. The summed E-state index contributed by atoms with van der Waals surface area (Å²) in [6.45, 7) is 7.14. The lowest BCUT2D eigenvalue weighted by Gasteiger charge is -2.34. The first-order valence-corrected chi connectivity index (χ1v) is 17.5. The van der Waals surface area contributed by atoms with Crippen LogP contribution in [0.5, 0.6) is 0 Å². The van der Waals surface area contributed by atoms with Crippen molar-refractivity contribution in [3.8, 4) is 12.3 Å². The Bertz CT molecular complexity index is 1500. The highest BCUT2D eigenvalue weighted by Crippen LogP contribution is 2.35. The lowest BCUT2D eigenvalue weighted by atomic mass is 9.92. The molecular weight excluding hydrogens is 634 g/mol. The van der Waals surface area contributed by atoms with Gasteiger partial charge in [0.2, 0.25) is 23.6 Å². The first-order valence-electron chi connectivity index (χ1n) is 17.5. The summed E-state index contributed by atoms with van der Waals surface area (Å²) in [5.41, 5.74) is 1.06. The molecule has 2 aliphatic heterocycles. The van der Waals surface area contributed by atoms with Crippen molar-refractivity contribution in [1.82, 2.24) is 25.8 Å². The van der Waals surface area contributed by atoms with Crippen LogP contribution in [0.25, 0.3) is 0 Å². The average Bonchev–Trinajstić information content (AvgIpc) is 3.48. The van der Waals surface area contributed by atoms with E-state index in [1.54, 1.807) is 32.6 Å². The molecule has 2 fully saturated rings. The number of rotatable bonds is 12. The molecule has 2 aliphatic rings. The van der Waals surface area contributed by atoms with Crippen molar-refractivity contribution in [3.63, 3.8) is 0 Å². The monoisotopic (exact) mass is 685 g/mol. The molecule has 4 rings (SSSR count). The second-order valence-corrected chi connectivity index (χ2v) is 14.1. The summed E-state index contributed by atoms with van der Waals surface area (Å²) in [6.07, 6.45) is 7.61. The van der Waals surface area contributed by atoms with E-state index in [0.29, 0.717) is 25.7 Å². The summed E-state index contributed by atoms with van der Waals surface area (Å²) in [6, 6.07) is 16.0. The van der Waals surface area contributed by atoms with Gasteiger partial charge in [0.1, 0.15) is 23.7 Å². The molecule has 268 valence electrons. The molecule has 0 bridgehead atoms. The molecule has 0 saturated carbocycles. The van der Waals surface area contributed by atoms with Gasteiger partial charge < -0.3 is 25.6 Å². The molecule has 0 radical (unpaired) electrons. The Morgan fingerprint density at radius 1 is 0.980 bits per heavy atom. The quantitative estimate of drug-likeness (QED) is 0.285. The van der Waals surface area contributed by atoms with Crippen molar-refractivity contribution in [3.05, 3.63) is 71.8 Å². The lowest BCUT2D eigenvalue weighted by Crippen LogP contribution is -2.60. The number of nitrogens with zero attached hydrogens (tertiary/aromatic N) is 2. The smallest absolute Gasteiger partial charge is 0.410 e. The van der Waals surface area contributed by atoms with Crippen molar-refractivity contribution in [2.24, 2.45) is 5.92 Å². The van der Waals surface area contributed by atoms with Crippen molar-refractivity contribution in [2.45, 2.75) is 108 Å². The Kier molecular flexibility index (Phi) is 13.1. The van der Waals surface area contributed by atoms with Crippen molar-refractivity contribution in [2.75, 3.05) is 13.6 Å². The van der Waals surface area contributed by atoms with E-state index in [-0.39, 0.29) is 49.6 Å². The predicted octanol–water partition coefficient (Wildman–Crippen LogP) is 4.32. The van der Waals surface area contributed by atoms with Gasteiger partial charge in [-0.1, -0.05) is 67.6 Å². The Hall–Kier alpha value is -4.85. The number of fused-ring (bicyclic) bond motifs is 1. The van der Waals surface area contributed by atoms with Crippen LogP contribution in [0.2, 0.25) is 0 Å². The van der Waals surface area contributed by atoms with Crippen LogP contribution < -0.4 is 16.0 Å². The van der Waals surface area contributed by atoms with Crippen LogP contribution in [0.15, 0.2) is 60.7 Å². The van der Waals surface area contributed by atoms with Crippen LogP contribution in [0.1, 0.15) is 89.8 Å². The molecule has 5 unspecified atom stereocenters. The van der Waals surface area contributed by atoms with Gasteiger partial charge in [-0.25, -0.2) is 4.79 Å². The van der Waals surface area contributed by atoms with E-state index in [2.05, 4.69) is 21.9 Å². The van der Waals surface area contributed by atoms with Gasteiger partial charge in [0.05, 0.1) is 6.04 Å². The number of likely N-dealkylation sites (N-methyl/N-ethyl adjacent to an activating group) is 1. The second kappa shape index (κ2) is 17.2. The van der Waals surface area contributed by atoms with Gasteiger partial charge in [-0.3, -0.25) is 24.1 Å². The maximum absolute atomic E-state index is 14.6. The Morgan fingerprint density at radius 2 is 1.58 bits per heavy atom. The molecule has 50 heavy (non-hydrogen) atoms. The highest BCUT2D eigenvalue weighted by Gasteiger charge is 2.48. The number of carbonyl (C=O) groups excluding carboxylic acids is 5. The minimum Gasteiger partial charge on any atom is -0.444 e. The third-order valence-corrected chi connectivity index (χ3v) is 9.41. The van der Waals surface area contributed by atoms with Crippen LogP contribution in [0.4, 0.5) is 4.79 Å². The summed E-state index contributed by atoms with van der Waals surface area (Å²) < 4.78 is 5.50. The molecule has 2 aromatic rings. The van der Waals surface area contributed by atoms with E-state index in [9.17, 15) is 24.0 Å². The molecule has 5 amide bonds. The summed E-state index contributed by atoms with van der Waals surface area (Å²) in [5, 5.41) is 9.05. The van der Waals surface area contributed by atoms with E-state index in [1.807, 2.05) is 60.7 Å². The standard InChI is InChI=1S/C39H51N5O6/c1-7-9-20-32(45)40-25-28-21-22-29-23-24-31(36(47)41-33(26-16-12-10-13-17-26)27-18-14-11-15-19-27)44(29)37(48)34(28)42-35(46)30(8-2)43(6)38(49)50-39(3,4)5/h1,10-19,28-31,33-34H,8-9,20-25H2,2-6H3,(H,40,45)(H,41,47)(H,42,46). The van der Waals surface area contributed by atoms with Crippen molar-refractivity contribution in [1.29, 1.82) is 0 Å². The zero-order valence-electron chi connectivity index (χ0n) is 29.8. The van der Waals surface area contributed by atoms with Gasteiger partial charge in [-0.05, 0) is 64.0 Å². The number of ether oxygens (including phenoxy) is 1. The second-order valence-electron chi connectivity index (χ2n) is 14.1. The van der Waals surface area contributed by atoms with Crippen molar-refractivity contribution < 1.29 is 28.7 Å². The average molecular weight is 686 g/mol. The number of nitrogens with one attached hydrogen (secondary N) is 3. The van der Waals surface area contributed by atoms with E-state index in [4.69, 9.17) is 11.2 Å². The minimum absolute atomic E-state index is 0.139. The van der Waals surface area contributed by atoms with Gasteiger partial charge >= 0.3 is 6.09 Å². The molecule has 2 heterocycles. The van der Waals surface area contributed by atoms with Gasteiger partial charge in [0, 0.05) is 38.4 Å². The maximum atomic E-state index is 14.6. The number of carbonyl (C=O) groups is 5. The van der Waals surface area contributed by atoms with Crippen LogP contribution in [0, 0.1) is 18.3 Å². The zero-order chi connectivity index (χ0) is 36.4. The molecule has 2 saturated heterocycles. The summed E-state index contributed by atoms with van der Waals surface area (Å²) in [5.74, 6) is 0.579. The first-order chi connectivity index (χ1) is 23.8. The third-order valence-electron chi connectivity index (χ3n) is 9.41. The molecule has 11 heteroatoms. The largest absolute Gasteiger partial charge is 0.444 e. The van der Waals surface area contributed by atoms with E-state index >= 15 is 0 Å². The topological polar surface area (TPSA) is 137 Å². The van der Waals surface area contributed by atoms with E-state index in [1.165, 1.54) is 11.9 Å². The van der Waals surface area contributed by atoms with Gasteiger partial charge in [-0.15, -0.1) is 12.3 Å². The number of benzene rings is 2. The van der Waals surface area contributed by atoms with E-state index < -0.39 is 47.7 Å². The molecule has 11 nitrogen and oxygen atoms in total. The fourth-order valence-corrected chi connectivity index (χ4v) is 6.85. The third kappa shape index (κ3) is 9.65. The molecule has 0 aromatic heterocycles. The highest BCUT2D eigenvalue weighted by atomic mass is 16.6. The molecule has 0 aliphatic carbocycles. The lowest BCUT2D eigenvalue weighted by molar-refractivity contribution is -0.144. The number of hydrogen-bond donors (Lipinski definition) is 3. The Morgan fingerprint density at radius 3 is 2.14 bits per heavy atom. The minimum atomic E-state index is -1.05. The Balaban J connectivity index is 1.60. The number of hydrogen-bond acceptors (Lipinski definition) is 6. The molecule has 3 N–H and O–H groups in total. The summed E-state index contributed by atoms with van der Waals surface area (Å²) in [7, 11) is 1.49. The fraction of sp³-hybridized carbons (Fsp3) is 0.513. The maximum Gasteiger partial charge on any atom is 0.410 e. The first kappa shape index (κ1) is 38.0. The van der Waals surface area contributed by atoms with Crippen LogP contribution in [-0.4, -0.2) is 82.9 Å².